The standard InChI is InChI=1S/C38H45FN6O4/c1-36(2,3)49-35(47)45-25-9-10-26(45)20-42(19-25)32-16-33(41-34(40-32)48-23-37-13-6-14-44(37)18-24(39)17-37)43-21-38(22-43)30-8-5-4-7-28(30)29-15-27(46)11-12-31(29)38/h4-5,7-8,11-12,15-16,24-26,46H,6,9-10,13-14,17-23H2,1-3H3/t24-,25-,26+,37+/m1/s1. The molecule has 11 heteroatoms. The molecule has 0 radical (unpaired) electrons. The molecule has 2 bridgehead atoms. The molecule has 5 fully saturated rings. The first-order chi connectivity index (χ1) is 23.5. The molecule has 5 saturated heterocycles. The summed E-state index contributed by atoms with van der Waals surface area (Å²) < 4.78 is 26.8. The Kier molecular flexibility index (Phi) is 6.90. The Morgan fingerprint density at radius 3 is 2.43 bits per heavy atom. The molecule has 258 valence electrons. The number of amides is 1. The van der Waals surface area contributed by atoms with Gasteiger partial charge in [0.25, 0.3) is 0 Å². The summed E-state index contributed by atoms with van der Waals surface area (Å²) in [6.45, 7) is 10.2. The molecule has 1 aromatic heterocycles. The fraction of sp³-hybridized carbons (Fsp3) is 0.553. The molecular formula is C38H45FN6O4. The minimum Gasteiger partial charge on any atom is -0.508 e. The van der Waals surface area contributed by atoms with E-state index in [2.05, 4.69) is 51.1 Å². The quantitative estimate of drug-likeness (QED) is 0.378. The Labute approximate surface area is 286 Å². The predicted molar refractivity (Wildman–Crippen MR) is 184 cm³/mol. The van der Waals surface area contributed by atoms with Gasteiger partial charge in [0.15, 0.2) is 0 Å². The Bertz CT molecular complexity index is 1790. The lowest BCUT2D eigenvalue weighted by Gasteiger charge is -2.50. The molecule has 49 heavy (non-hydrogen) atoms. The second kappa shape index (κ2) is 10.9. The van der Waals surface area contributed by atoms with Gasteiger partial charge in [-0.1, -0.05) is 30.3 Å². The first kappa shape index (κ1) is 30.9. The molecule has 2 aromatic carbocycles. The number of carbonyl (C=O) groups excluding carboxylic acids is 1. The average molecular weight is 669 g/mol. The van der Waals surface area contributed by atoms with Crippen molar-refractivity contribution >= 4 is 17.7 Å². The lowest BCUT2D eigenvalue weighted by molar-refractivity contribution is 0.0122. The van der Waals surface area contributed by atoms with E-state index in [0.29, 0.717) is 38.7 Å². The Hall–Kier alpha value is -4.12. The van der Waals surface area contributed by atoms with Gasteiger partial charge >= 0.3 is 12.1 Å². The molecule has 0 unspecified atom stereocenters. The van der Waals surface area contributed by atoms with E-state index >= 15 is 0 Å². The molecule has 3 aromatic rings. The monoisotopic (exact) mass is 668 g/mol. The number of aromatic nitrogens is 2. The maximum absolute atomic E-state index is 14.6. The lowest BCUT2D eigenvalue weighted by Crippen LogP contribution is -2.59. The average Bonchev–Trinajstić information content (AvgIpc) is 3.73. The van der Waals surface area contributed by atoms with Gasteiger partial charge in [0.2, 0.25) is 0 Å². The van der Waals surface area contributed by atoms with Gasteiger partial charge in [-0.3, -0.25) is 9.80 Å². The third-order valence-corrected chi connectivity index (χ3v) is 11.8. The van der Waals surface area contributed by atoms with Gasteiger partial charge in [0.05, 0.1) is 23.0 Å². The highest BCUT2D eigenvalue weighted by Gasteiger charge is 2.53. The molecule has 10 nitrogen and oxygen atoms in total. The number of anilines is 2. The van der Waals surface area contributed by atoms with Crippen LogP contribution in [0.25, 0.3) is 11.1 Å². The second-order valence-electron chi connectivity index (χ2n) is 16.1. The molecule has 1 spiro atoms. The van der Waals surface area contributed by atoms with Crippen molar-refractivity contribution in [3.8, 4) is 22.9 Å². The van der Waals surface area contributed by atoms with Crippen molar-refractivity contribution in [2.24, 2.45) is 0 Å². The number of phenolic OH excluding ortho intramolecular Hbond substituents is 1. The maximum Gasteiger partial charge on any atom is 0.410 e. The SMILES string of the molecule is CC(C)(C)OC(=O)N1[C@@H]2CC[C@H]1CN(c1cc(N3CC4(C3)c3ccccc3-c3cc(O)ccc34)nc(OC[C@@]34CCCN3C[C@H](F)C4)n1)C2. The number of piperazine rings is 1. The first-order valence-corrected chi connectivity index (χ1v) is 17.9. The van der Waals surface area contributed by atoms with Crippen molar-refractivity contribution < 1.29 is 23.8 Å². The van der Waals surface area contributed by atoms with Crippen LogP contribution in [0.5, 0.6) is 11.8 Å². The van der Waals surface area contributed by atoms with Crippen molar-refractivity contribution in [2.75, 3.05) is 55.7 Å². The number of carbonyl (C=O) groups is 1. The number of alkyl halides is 1. The van der Waals surface area contributed by atoms with Crippen molar-refractivity contribution in [2.45, 2.75) is 87.7 Å². The van der Waals surface area contributed by atoms with Crippen molar-refractivity contribution in [3.05, 3.63) is 59.7 Å². The zero-order chi connectivity index (χ0) is 33.7. The molecule has 5 aliphatic heterocycles. The van der Waals surface area contributed by atoms with Crippen LogP contribution in [0.4, 0.5) is 20.8 Å². The summed E-state index contributed by atoms with van der Waals surface area (Å²) in [4.78, 5) is 31.9. The number of aromatic hydroxyl groups is 1. The van der Waals surface area contributed by atoms with Gasteiger partial charge in [0.1, 0.15) is 35.8 Å². The summed E-state index contributed by atoms with van der Waals surface area (Å²) in [5.41, 5.74) is 3.70. The third kappa shape index (κ3) is 5.02. The van der Waals surface area contributed by atoms with Gasteiger partial charge < -0.3 is 24.4 Å². The molecule has 1 amide bonds. The molecule has 1 aliphatic carbocycles. The van der Waals surface area contributed by atoms with Crippen LogP contribution in [0.2, 0.25) is 0 Å². The highest BCUT2D eigenvalue weighted by molar-refractivity contribution is 5.84. The topological polar surface area (TPSA) is 94.5 Å². The number of nitrogens with zero attached hydrogens (tertiary/aromatic N) is 6. The summed E-state index contributed by atoms with van der Waals surface area (Å²) in [6, 6.07) is 16.7. The molecule has 1 N–H and O–H groups in total. The number of benzene rings is 2. The molecule has 9 rings (SSSR count). The molecular weight excluding hydrogens is 623 g/mol. The van der Waals surface area contributed by atoms with Crippen LogP contribution < -0.4 is 14.5 Å². The minimum atomic E-state index is -0.834. The van der Waals surface area contributed by atoms with Crippen LogP contribution in [0.1, 0.15) is 64.0 Å². The van der Waals surface area contributed by atoms with Crippen LogP contribution in [0, 0.1) is 0 Å². The van der Waals surface area contributed by atoms with Crippen LogP contribution in [-0.4, -0.2) is 106 Å². The van der Waals surface area contributed by atoms with Crippen molar-refractivity contribution in [3.63, 3.8) is 0 Å². The number of fused-ring (bicyclic) bond motifs is 8. The number of hydrogen-bond acceptors (Lipinski definition) is 9. The van der Waals surface area contributed by atoms with E-state index in [9.17, 15) is 14.3 Å². The number of halogens is 1. The Morgan fingerprint density at radius 2 is 1.67 bits per heavy atom. The predicted octanol–water partition coefficient (Wildman–Crippen LogP) is 5.51. The summed E-state index contributed by atoms with van der Waals surface area (Å²) in [6.07, 6.45) is 3.22. The number of rotatable bonds is 5. The van der Waals surface area contributed by atoms with Crippen molar-refractivity contribution in [1.82, 2.24) is 19.8 Å². The smallest absolute Gasteiger partial charge is 0.410 e. The molecule has 4 atom stereocenters. The van der Waals surface area contributed by atoms with E-state index in [4.69, 9.17) is 19.4 Å². The second-order valence-corrected chi connectivity index (χ2v) is 16.1. The largest absolute Gasteiger partial charge is 0.508 e. The fourth-order valence-electron chi connectivity index (χ4n) is 9.70. The first-order valence-electron chi connectivity index (χ1n) is 17.9. The van der Waals surface area contributed by atoms with E-state index in [-0.39, 0.29) is 34.9 Å². The molecule has 6 heterocycles. The molecule has 6 aliphatic rings. The summed E-state index contributed by atoms with van der Waals surface area (Å²) in [5, 5.41) is 10.3. The zero-order valence-corrected chi connectivity index (χ0v) is 28.6. The van der Waals surface area contributed by atoms with Gasteiger partial charge in [-0.15, -0.1) is 0 Å². The summed E-state index contributed by atoms with van der Waals surface area (Å²) in [7, 11) is 0. The number of phenols is 1. The lowest BCUT2D eigenvalue weighted by atomic mass is 9.71. The summed E-state index contributed by atoms with van der Waals surface area (Å²) in [5.74, 6) is 1.86. The van der Waals surface area contributed by atoms with Gasteiger partial charge in [0, 0.05) is 45.2 Å². The van der Waals surface area contributed by atoms with E-state index in [1.54, 1.807) is 6.07 Å². The van der Waals surface area contributed by atoms with E-state index in [1.165, 1.54) is 16.7 Å². The van der Waals surface area contributed by atoms with Gasteiger partial charge in [-0.05, 0) is 87.4 Å². The van der Waals surface area contributed by atoms with E-state index in [1.807, 2.05) is 31.7 Å². The fourth-order valence-corrected chi connectivity index (χ4v) is 9.70. The zero-order valence-electron chi connectivity index (χ0n) is 28.6. The van der Waals surface area contributed by atoms with Crippen LogP contribution in [-0.2, 0) is 10.2 Å². The van der Waals surface area contributed by atoms with E-state index in [0.717, 1.165) is 62.5 Å². The van der Waals surface area contributed by atoms with Gasteiger partial charge in [-0.25, -0.2) is 9.18 Å². The highest BCUT2D eigenvalue weighted by atomic mass is 19.1. The Balaban J connectivity index is 1.02. The van der Waals surface area contributed by atoms with Crippen LogP contribution >= 0.6 is 0 Å². The third-order valence-electron chi connectivity index (χ3n) is 11.8. The molecule has 0 saturated carbocycles. The Morgan fingerprint density at radius 1 is 0.959 bits per heavy atom. The normalized spacial score (nSPS) is 28.0. The van der Waals surface area contributed by atoms with Crippen LogP contribution in [0.3, 0.4) is 0 Å². The maximum atomic E-state index is 14.6. The summed E-state index contributed by atoms with van der Waals surface area (Å²) >= 11 is 0. The van der Waals surface area contributed by atoms with Gasteiger partial charge in [-0.2, -0.15) is 9.97 Å². The highest BCUT2D eigenvalue weighted by Crippen LogP contribution is 2.55. The van der Waals surface area contributed by atoms with Crippen molar-refractivity contribution in [1.29, 1.82) is 0 Å². The number of ether oxygens (including phenoxy) is 2. The minimum absolute atomic E-state index is 0.0393. The van der Waals surface area contributed by atoms with Crippen LogP contribution in [0.15, 0.2) is 48.5 Å². The van der Waals surface area contributed by atoms with E-state index < -0.39 is 11.8 Å². The number of hydrogen-bond donors (Lipinski definition) is 1.